The lowest BCUT2D eigenvalue weighted by atomic mass is 10.5. The molecule has 0 bridgehead atoms. The topological polar surface area (TPSA) is 43.6 Å². The number of hydrogen-bond acceptors (Lipinski definition) is 4. The molecule has 0 radical (unpaired) electrons. The number of imidazole rings is 1. The van der Waals surface area contributed by atoms with E-state index in [1.54, 1.807) is 5.38 Å². The monoisotopic (exact) mass is 250 g/mol. The summed E-state index contributed by atoms with van der Waals surface area (Å²) in [6, 6.07) is 0. The lowest BCUT2D eigenvalue weighted by Gasteiger charge is -2.06. The zero-order chi connectivity index (χ0) is 11.8. The summed E-state index contributed by atoms with van der Waals surface area (Å²) in [5.41, 5.74) is -0.0134. The number of aromatic nitrogens is 2. The summed E-state index contributed by atoms with van der Waals surface area (Å²) >= 11 is 1.20. The Morgan fingerprint density at radius 3 is 2.94 bits per heavy atom. The van der Waals surface area contributed by atoms with E-state index in [1.165, 1.54) is 21.9 Å². The van der Waals surface area contributed by atoms with Crippen LogP contribution in [0.4, 0.5) is 13.2 Å². The van der Waals surface area contributed by atoms with E-state index in [-0.39, 0.29) is 11.6 Å². The number of hydrogen-bond donors (Lipinski definition) is 0. The van der Waals surface area contributed by atoms with Gasteiger partial charge in [0.15, 0.2) is 23.5 Å². The van der Waals surface area contributed by atoms with Crippen LogP contribution in [-0.2, 0) is 0 Å². The van der Waals surface area contributed by atoms with Gasteiger partial charge in [0, 0.05) is 11.6 Å². The number of ether oxygens (including phenoxy) is 1. The summed E-state index contributed by atoms with van der Waals surface area (Å²) in [5.74, 6) is -0.292. The van der Waals surface area contributed by atoms with Gasteiger partial charge in [0.2, 0.25) is 5.88 Å². The summed E-state index contributed by atoms with van der Waals surface area (Å²) in [5, 5.41) is 1.67. The molecule has 0 amide bonds. The Morgan fingerprint density at radius 2 is 2.31 bits per heavy atom. The van der Waals surface area contributed by atoms with Crippen molar-refractivity contribution in [1.82, 2.24) is 9.38 Å². The Balaban J connectivity index is 2.29. The average molecular weight is 250 g/mol. The summed E-state index contributed by atoms with van der Waals surface area (Å²) < 4.78 is 41.6. The van der Waals surface area contributed by atoms with Crippen LogP contribution in [-0.4, -0.2) is 28.5 Å². The van der Waals surface area contributed by atoms with Crippen LogP contribution in [0.5, 0.6) is 5.88 Å². The van der Waals surface area contributed by atoms with Crippen molar-refractivity contribution in [2.24, 2.45) is 0 Å². The van der Waals surface area contributed by atoms with Crippen molar-refractivity contribution in [3.8, 4) is 5.88 Å². The van der Waals surface area contributed by atoms with Gasteiger partial charge in [0.1, 0.15) is 0 Å². The lowest BCUT2D eigenvalue weighted by molar-refractivity contribution is -0.154. The Kier molecular flexibility index (Phi) is 2.58. The molecule has 0 aromatic carbocycles. The Hall–Kier alpha value is -1.57. The molecule has 4 nitrogen and oxygen atoms in total. The third kappa shape index (κ3) is 2.01. The van der Waals surface area contributed by atoms with Gasteiger partial charge in [-0.3, -0.25) is 9.20 Å². The molecule has 0 N–H and O–H groups in total. The minimum absolute atomic E-state index is 0.0134. The van der Waals surface area contributed by atoms with Crippen LogP contribution < -0.4 is 4.74 Å². The maximum atomic E-state index is 11.9. The van der Waals surface area contributed by atoms with Crippen molar-refractivity contribution in [2.45, 2.75) is 6.18 Å². The molecular formula is C8H5F3N2O2S. The molecule has 2 aromatic rings. The molecule has 2 rings (SSSR count). The summed E-state index contributed by atoms with van der Waals surface area (Å²) in [6.07, 6.45) is -2.49. The molecule has 0 aliphatic carbocycles. The van der Waals surface area contributed by atoms with Gasteiger partial charge < -0.3 is 4.74 Å². The lowest BCUT2D eigenvalue weighted by Crippen LogP contribution is -2.19. The Morgan fingerprint density at radius 1 is 1.56 bits per heavy atom. The number of fused-ring (bicyclic) bond motifs is 1. The molecule has 0 unspecified atom stereocenters. The van der Waals surface area contributed by atoms with Gasteiger partial charge in [-0.1, -0.05) is 0 Å². The van der Waals surface area contributed by atoms with Crippen LogP contribution >= 0.6 is 11.3 Å². The van der Waals surface area contributed by atoms with E-state index < -0.39 is 12.8 Å². The van der Waals surface area contributed by atoms with E-state index >= 15 is 0 Å². The maximum Gasteiger partial charge on any atom is 0.422 e. The third-order valence-electron chi connectivity index (χ3n) is 1.75. The molecule has 0 saturated heterocycles. The van der Waals surface area contributed by atoms with Crippen LogP contribution in [0.2, 0.25) is 0 Å². The van der Waals surface area contributed by atoms with Gasteiger partial charge in [-0.15, -0.1) is 11.3 Å². The highest BCUT2D eigenvalue weighted by Gasteiger charge is 2.29. The van der Waals surface area contributed by atoms with Crippen molar-refractivity contribution < 1.29 is 22.7 Å². The number of carbonyl (C=O) groups is 1. The van der Waals surface area contributed by atoms with Crippen molar-refractivity contribution in [1.29, 1.82) is 0 Å². The normalized spacial score (nSPS) is 11.9. The van der Waals surface area contributed by atoms with E-state index in [9.17, 15) is 18.0 Å². The van der Waals surface area contributed by atoms with Crippen LogP contribution in [0, 0.1) is 0 Å². The summed E-state index contributed by atoms with van der Waals surface area (Å²) in [7, 11) is 0. The Labute approximate surface area is 91.3 Å². The summed E-state index contributed by atoms with van der Waals surface area (Å²) in [6.45, 7) is -1.46. The number of nitrogens with zero attached hydrogens (tertiary/aromatic N) is 2. The molecule has 0 aliphatic rings. The number of thiazole rings is 1. The predicted molar refractivity (Wildman–Crippen MR) is 50.0 cm³/mol. The van der Waals surface area contributed by atoms with E-state index in [0.29, 0.717) is 11.2 Å². The molecule has 2 heterocycles. The first-order chi connectivity index (χ1) is 7.51. The molecular weight excluding hydrogens is 245 g/mol. The highest BCUT2D eigenvalue weighted by atomic mass is 32.1. The number of carbonyl (C=O) groups excluding carboxylic acids is 1. The van der Waals surface area contributed by atoms with Crippen molar-refractivity contribution in [3.05, 3.63) is 17.3 Å². The Bertz CT molecular complexity index is 517. The predicted octanol–water partition coefficient (Wildman–Crippen LogP) is 2.15. The van der Waals surface area contributed by atoms with E-state index in [1.807, 2.05) is 0 Å². The van der Waals surface area contributed by atoms with Gasteiger partial charge in [-0.05, 0) is 0 Å². The molecule has 0 saturated carbocycles. The second-order valence-corrected chi connectivity index (χ2v) is 3.75. The van der Waals surface area contributed by atoms with E-state index in [0.717, 1.165) is 0 Å². The van der Waals surface area contributed by atoms with Gasteiger partial charge in [0.25, 0.3) is 0 Å². The first-order valence-electron chi connectivity index (χ1n) is 4.11. The maximum absolute atomic E-state index is 11.9. The van der Waals surface area contributed by atoms with Gasteiger partial charge in [0.05, 0.1) is 0 Å². The molecule has 8 heteroatoms. The molecule has 16 heavy (non-hydrogen) atoms. The molecule has 0 spiro atoms. The first kappa shape index (κ1) is 10.9. The number of halogens is 3. The van der Waals surface area contributed by atoms with E-state index in [2.05, 4.69) is 9.72 Å². The third-order valence-corrected chi connectivity index (χ3v) is 2.51. The highest BCUT2D eigenvalue weighted by Crippen LogP contribution is 2.24. The van der Waals surface area contributed by atoms with Gasteiger partial charge in [-0.2, -0.15) is 18.2 Å². The van der Waals surface area contributed by atoms with Crippen LogP contribution in [0.15, 0.2) is 11.6 Å². The fourth-order valence-electron chi connectivity index (χ4n) is 1.15. The molecule has 0 atom stereocenters. The minimum atomic E-state index is -4.45. The molecule has 0 aliphatic heterocycles. The summed E-state index contributed by atoms with van der Waals surface area (Å²) in [4.78, 5) is 14.9. The fourth-order valence-corrected chi connectivity index (χ4v) is 1.86. The van der Waals surface area contributed by atoms with Crippen LogP contribution in [0.3, 0.4) is 0 Å². The van der Waals surface area contributed by atoms with E-state index in [4.69, 9.17) is 0 Å². The quantitative estimate of drug-likeness (QED) is 0.784. The minimum Gasteiger partial charge on any atom is -0.466 e. The second-order valence-electron chi connectivity index (χ2n) is 2.88. The molecule has 2 aromatic heterocycles. The van der Waals surface area contributed by atoms with Crippen LogP contribution in [0.1, 0.15) is 10.5 Å². The number of aldehydes is 1. The second kappa shape index (κ2) is 3.78. The van der Waals surface area contributed by atoms with Crippen LogP contribution in [0.25, 0.3) is 4.96 Å². The standard InChI is InChI=1S/C8H5F3N2O2S/c9-8(10,11)4-15-6-5(3-14)13-1-2-16-7(13)12-6/h1-3H,4H2. The number of rotatable bonds is 3. The van der Waals surface area contributed by atoms with Gasteiger partial charge >= 0.3 is 6.18 Å². The largest absolute Gasteiger partial charge is 0.466 e. The van der Waals surface area contributed by atoms with Crippen molar-refractivity contribution >= 4 is 22.6 Å². The van der Waals surface area contributed by atoms with Gasteiger partial charge in [-0.25, -0.2) is 0 Å². The number of alkyl halides is 3. The average Bonchev–Trinajstić information content (AvgIpc) is 2.71. The first-order valence-corrected chi connectivity index (χ1v) is 4.99. The molecule has 86 valence electrons. The van der Waals surface area contributed by atoms with Crippen molar-refractivity contribution in [2.75, 3.05) is 6.61 Å². The van der Waals surface area contributed by atoms with Crippen molar-refractivity contribution in [3.63, 3.8) is 0 Å². The highest BCUT2D eigenvalue weighted by molar-refractivity contribution is 7.15. The zero-order valence-electron chi connectivity index (χ0n) is 7.69. The molecule has 0 fully saturated rings. The fraction of sp³-hybridized carbons (Fsp3) is 0.250. The smallest absolute Gasteiger partial charge is 0.422 e. The zero-order valence-corrected chi connectivity index (χ0v) is 8.51. The SMILES string of the molecule is O=Cc1c(OCC(F)(F)F)nc2sccn12.